The zero-order valence-electron chi connectivity index (χ0n) is 21.0. The molecule has 0 saturated carbocycles. The molecule has 0 unspecified atom stereocenters. The highest BCUT2D eigenvalue weighted by atomic mass is 16.6. The molecule has 2 N–H and O–H groups in total. The van der Waals surface area contributed by atoms with Crippen LogP contribution in [0.5, 0.6) is 5.75 Å². The van der Waals surface area contributed by atoms with Crippen LogP contribution in [0, 0.1) is 0 Å². The van der Waals surface area contributed by atoms with Gasteiger partial charge >= 0.3 is 5.91 Å². The maximum absolute atomic E-state index is 13.4. The second-order valence-corrected chi connectivity index (χ2v) is 8.19. The Morgan fingerprint density at radius 2 is 1.74 bits per heavy atom. The van der Waals surface area contributed by atoms with Crippen LogP contribution in [0.1, 0.15) is 22.8 Å². The van der Waals surface area contributed by atoms with Crippen molar-refractivity contribution in [1.82, 2.24) is 25.6 Å². The van der Waals surface area contributed by atoms with E-state index < -0.39 is 23.6 Å². The first kappa shape index (κ1) is 26.2. The van der Waals surface area contributed by atoms with E-state index in [1.165, 1.54) is 4.68 Å². The quantitative estimate of drug-likeness (QED) is 0.233. The van der Waals surface area contributed by atoms with E-state index in [0.717, 1.165) is 11.1 Å². The van der Waals surface area contributed by atoms with E-state index >= 15 is 0 Å². The summed E-state index contributed by atoms with van der Waals surface area (Å²) in [6.07, 6.45) is 3.33. The van der Waals surface area contributed by atoms with Gasteiger partial charge in [-0.05, 0) is 42.8 Å². The van der Waals surface area contributed by atoms with Crippen LogP contribution < -0.4 is 15.5 Å². The van der Waals surface area contributed by atoms with Gasteiger partial charge < -0.3 is 10.1 Å². The van der Waals surface area contributed by atoms with Gasteiger partial charge in [-0.2, -0.15) is 5.10 Å². The lowest BCUT2D eigenvalue weighted by Gasteiger charge is -2.18. The summed E-state index contributed by atoms with van der Waals surface area (Å²) >= 11 is 0. The molecule has 2 aromatic carbocycles. The SMILES string of the molecule is CCONC(=O)C(=O)[C@H](Cc1ccc(OC)cc1)NC(=O)c1cccnc1-n1ccc(-c2ccccc2)n1. The molecule has 10 nitrogen and oxygen atoms in total. The smallest absolute Gasteiger partial charge is 0.313 e. The number of hydrogen-bond acceptors (Lipinski definition) is 7. The summed E-state index contributed by atoms with van der Waals surface area (Å²) in [5, 5.41) is 7.27. The third-order valence-corrected chi connectivity index (χ3v) is 5.66. The number of hydroxylamine groups is 1. The number of rotatable bonds is 11. The molecule has 4 aromatic rings. The summed E-state index contributed by atoms with van der Waals surface area (Å²) in [6.45, 7) is 1.85. The van der Waals surface area contributed by atoms with Crippen molar-refractivity contribution >= 4 is 17.6 Å². The van der Waals surface area contributed by atoms with Crippen molar-refractivity contribution < 1.29 is 24.0 Å². The Bertz CT molecular complexity index is 1400. The number of carbonyl (C=O) groups is 3. The van der Waals surface area contributed by atoms with Crippen LogP contribution in [0.3, 0.4) is 0 Å². The molecule has 0 aliphatic rings. The van der Waals surface area contributed by atoms with Crippen molar-refractivity contribution in [3.8, 4) is 22.8 Å². The number of nitrogens with zero attached hydrogens (tertiary/aromatic N) is 3. The number of Topliss-reactive ketones (excluding diaryl/α,β-unsaturated/α-hetero) is 1. The second-order valence-electron chi connectivity index (χ2n) is 8.19. The normalized spacial score (nSPS) is 11.4. The predicted octanol–water partition coefficient (Wildman–Crippen LogP) is 2.92. The number of benzene rings is 2. The topological polar surface area (TPSA) is 124 Å². The number of aromatic nitrogens is 3. The Labute approximate surface area is 219 Å². The third-order valence-electron chi connectivity index (χ3n) is 5.66. The van der Waals surface area contributed by atoms with Gasteiger partial charge in [-0.3, -0.25) is 19.2 Å². The predicted molar refractivity (Wildman–Crippen MR) is 140 cm³/mol. The maximum Gasteiger partial charge on any atom is 0.313 e. The van der Waals surface area contributed by atoms with Crippen LogP contribution in [-0.2, 0) is 20.8 Å². The fraction of sp³-hybridized carbons (Fsp3) is 0.179. The van der Waals surface area contributed by atoms with Gasteiger partial charge in [0.2, 0.25) is 5.78 Å². The summed E-state index contributed by atoms with van der Waals surface area (Å²) in [7, 11) is 1.55. The molecule has 2 aromatic heterocycles. The number of hydrogen-bond donors (Lipinski definition) is 2. The molecular formula is C28H27N5O5. The van der Waals surface area contributed by atoms with E-state index in [0.29, 0.717) is 11.4 Å². The summed E-state index contributed by atoms with van der Waals surface area (Å²) in [4.78, 5) is 48.0. The van der Waals surface area contributed by atoms with E-state index in [1.54, 1.807) is 62.8 Å². The van der Waals surface area contributed by atoms with E-state index in [9.17, 15) is 14.4 Å². The molecule has 10 heteroatoms. The fourth-order valence-electron chi connectivity index (χ4n) is 3.75. The van der Waals surface area contributed by atoms with Crippen LogP contribution in [0.15, 0.2) is 85.2 Å². The molecule has 0 radical (unpaired) electrons. The first-order valence-corrected chi connectivity index (χ1v) is 12.0. The lowest BCUT2D eigenvalue weighted by molar-refractivity contribution is -0.146. The van der Waals surface area contributed by atoms with E-state index in [2.05, 4.69) is 20.9 Å². The van der Waals surface area contributed by atoms with Gasteiger partial charge in [-0.15, -0.1) is 0 Å². The van der Waals surface area contributed by atoms with Crippen LogP contribution >= 0.6 is 0 Å². The average molecular weight is 514 g/mol. The average Bonchev–Trinajstić information content (AvgIpc) is 3.46. The Kier molecular flexibility index (Phi) is 8.57. The van der Waals surface area contributed by atoms with E-state index in [4.69, 9.17) is 9.57 Å². The Morgan fingerprint density at radius 3 is 2.45 bits per heavy atom. The van der Waals surface area contributed by atoms with Crippen LogP contribution in [-0.4, -0.2) is 52.1 Å². The second kappa shape index (κ2) is 12.4. The van der Waals surface area contributed by atoms with Crippen LogP contribution in [0.4, 0.5) is 0 Å². The summed E-state index contributed by atoms with van der Waals surface area (Å²) < 4.78 is 6.68. The number of methoxy groups -OCH3 is 1. The van der Waals surface area contributed by atoms with Gasteiger partial charge in [0, 0.05) is 24.4 Å². The van der Waals surface area contributed by atoms with E-state index in [1.807, 2.05) is 36.4 Å². The Balaban J connectivity index is 1.60. The monoisotopic (exact) mass is 513 g/mol. The zero-order chi connectivity index (χ0) is 26.9. The molecule has 4 rings (SSSR count). The molecule has 194 valence electrons. The fourth-order valence-corrected chi connectivity index (χ4v) is 3.75. The van der Waals surface area contributed by atoms with Gasteiger partial charge in [-0.1, -0.05) is 42.5 Å². The molecule has 0 fully saturated rings. The van der Waals surface area contributed by atoms with Crippen molar-refractivity contribution in [2.75, 3.05) is 13.7 Å². The molecule has 0 spiro atoms. The molecular weight excluding hydrogens is 486 g/mol. The summed E-state index contributed by atoms with van der Waals surface area (Å²) in [6, 6.07) is 20.4. The maximum atomic E-state index is 13.4. The van der Waals surface area contributed by atoms with Gasteiger partial charge in [-0.25, -0.2) is 15.1 Å². The number of pyridine rings is 1. The first-order chi connectivity index (χ1) is 18.5. The highest BCUT2D eigenvalue weighted by Crippen LogP contribution is 2.19. The van der Waals surface area contributed by atoms with Gasteiger partial charge in [0.1, 0.15) is 11.8 Å². The van der Waals surface area contributed by atoms with Crippen molar-refractivity contribution in [1.29, 1.82) is 0 Å². The summed E-state index contributed by atoms with van der Waals surface area (Å²) in [5.74, 6) is -1.47. The number of carbonyl (C=O) groups excluding carboxylic acids is 3. The van der Waals surface area contributed by atoms with Crippen molar-refractivity contribution in [3.63, 3.8) is 0 Å². The van der Waals surface area contributed by atoms with Crippen molar-refractivity contribution in [2.45, 2.75) is 19.4 Å². The minimum atomic E-state index is -1.16. The van der Waals surface area contributed by atoms with Crippen LogP contribution in [0.2, 0.25) is 0 Å². The summed E-state index contributed by atoms with van der Waals surface area (Å²) in [5.41, 5.74) is 4.64. The van der Waals surface area contributed by atoms with Crippen LogP contribution in [0.25, 0.3) is 17.1 Å². The van der Waals surface area contributed by atoms with Gasteiger partial charge in [0.15, 0.2) is 5.82 Å². The molecule has 0 bridgehead atoms. The highest BCUT2D eigenvalue weighted by molar-refractivity contribution is 6.38. The number of nitrogens with one attached hydrogen (secondary N) is 2. The highest BCUT2D eigenvalue weighted by Gasteiger charge is 2.29. The standard InChI is InChI=1S/C28H27N5O5/c1-3-38-32-28(36)25(34)24(18-19-11-13-21(37-2)14-12-19)30-27(35)22-10-7-16-29-26(22)33-17-15-23(31-33)20-8-5-4-6-9-20/h4-17,24H,3,18H2,1-2H3,(H,30,35)(H,32,36)/t24-/m0/s1. The Morgan fingerprint density at radius 1 is 0.974 bits per heavy atom. The largest absolute Gasteiger partial charge is 0.497 e. The lowest BCUT2D eigenvalue weighted by Crippen LogP contribution is -2.48. The molecule has 0 aliphatic carbocycles. The third kappa shape index (κ3) is 6.29. The molecule has 2 heterocycles. The lowest BCUT2D eigenvalue weighted by atomic mass is 10.0. The van der Waals surface area contributed by atoms with Crippen molar-refractivity contribution in [2.24, 2.45) is 0 Å². The van der Waals surface area contributed by atoms with Gasteiger partial charge in [0.05, 0.1) is 25.0 Å². The Hall–Kier alpha value is -4.83. The first-order valence-electron chi connectivity index (χ1n) is 12.0. The zero-order valence-corrected chi connectivity index (χ0v) is 21.0. The minimum Gasteiger partial charge on any atom is -0.497 e. The molecule has 0 saturated heterocycles. The number of ketones is 1. The molecule has 2 amide bonds. The molecule has 0 aliphatic heterocycles. The van der Waals surface area contributed by atoms with E-state index in [-0.39, 0.29) is 24.4 Å². The minimum absolute atomic E-state index is 0.0730. The number of amides is 2. The molecule has 38 heavy (non-hydrogen) atoms. The molecule has 1 atom stereocenters. The number of ether oxygens (including phenoxy) is 1. The van der Waals surface area contributed by atoms with Crippen molar-refractivity contribution in [3.05, 3.63) is 96.3 Å². The van der Waals surface area contributed by atoms with Gasteiger partial charge in [0.25, 0.3) is 5.91 Å².